The van der Waals surface area contributed by atoms with Crippen molar-refractivity contribution in [2.24, 2.45) is 0 Å². The van der Waals surface area contributed by atoms with Crippen molar-refractivity contribution in [3.8, 4) is 0 Å². The summed E-state index contributed by atoms with van der Waals surface area (Å²) < 4.78 is 5.42. The number of aliphatic hydroxyl groups excluding tert-OH is 1. The number of rotatable bonds is 4. The lowest BCUT2D eigenvalue weighted by Crippen LogP contribution is -2.42. The molecular formula is C10H19NO3. The van der Waals surface area contributed by atoms with Gasteiger partial charge in [0.2, 0.25) is 5.91 Å². The summed E-state index contributed by atoms with van der Waals surface area (Å²) in [6.45, 7) is 3.89. The van der Waals surface area contributed by atoms with E-state index in [0.717, 1.165) is 19.3 Å². The molecule has 14 heavy (non-hydrogen) atoms. The minimum Gasteiger partial charge on any atom is -0.394 e. The molecule has 0 aromatic heterocycles. The van der Waals surface area contributed by atoms with Gasteiger partial charge in [0.25, 0.3) is 0 Å². The fourth-order valence-electron chi connectivity index (χ4n) is 1.57. The molecule has 0 saturated carbocycles. The van der Waals surface area contributed by atoms with Gasteiger partial charge in [-0.3, -0.25) is 4.79 Å². The number of hydrogen-bond donors (Lipinski definition) is 2. The Morgan fingerprint density at radius 2 is 2.36 bits per heavy atom. The Kier molecular flexibility index (Phi) is 4.35. The third kappa shape index (κ3) is 2.96. The lowest BCUT2D eigenvalue weighted by molar-refractivity contribution is -0.132. The second kappa shape index (κ2) is 5.32. The maximum absolute atomic E-state index is 11.6. The van der Waals surface area contributed by atoms with Crippen LogP contribution in [0.25, 0.3) is 0 Å². The Hall–Kier alpha value is -0.610. The molecule has 1 heterocycles. The second-order valence-electron chi connectivity index (χ2n) is 3.81. The molecule has 0 radical (unpaired) electrons. The van der Waals surface area contributed by atoms with Crippen molar-refractivity contribution < 1.29 is 14.6 Å². The van der Waals surface area contributed by atoms with Crippen molar-refractivity contribution >= 4 is 5.91 Å². The van der Waals surface area contributed by atoms with Crippen molar-refractivity contribution in [1.29, 1.82) is 0 Å². The maximum atomic E-state index is 11.6. The zero-order valence-electron chi connectivity index (χ0n) is 8.82. The van der Waals surface area contributed by atoms with Crippen LogP contribution in [0.3, 0.4) is 0 Å². The number of aliphatic hydroxyl groups is 1. The summed E-state index contributed by atoms with van der Waals surface area (Å²) in [5, 5.41) is 11.7. The van der Waals surface area contributed by atoms with E-state index in [1.54, 1.807) is 0 Å². The smallest absolute Gasteiger partial charge is 0.249 e. The first kappa shape index (κ1) is 11.5. The Morgan fingerprint density at radius 3 is 2.79 bits per heavy atom. The molecule has 2 unspecified atom stereocenters. The molecule has 4 nitrogen and oxygen atoms in total. The van der Waals surface area contributed by atoms with Crippen LogP contribution in [0.15, 0.2) is 0 Å². The first-order valence-electron chi connectivity index (χ1n) is 5.24. The Morgan fingerprint density at radius 1 is 1.64 bits per heavy atom. The highest BCUT2D eigenvalue weighted by molar-refractivity contribution is 5.81. The van der Waals surface area contributed by atoms with E-state index in [0.29, 0.717) is 0 Å². The zero-order chi connectivity index (χ0) is 10.6. The minimum atomic E-state index is -0.314. The molecule has 4 heteroatoms. The summed E-state index contributed by atoms with van der Waals surface area (Å²) in [4.78, 5) is 11.6. The van der Waals surface area contributed by atoms with Gasteiger partial charge in [0.1, 0.15) is 6.10 Å². The summed E-state index contributed by atoms with van der Waals surface area (Å²) in [7, 11) is 0. The van der Waals surface area contributed by atoms with Crippen LogP contribution in [-0.2, 0) is 9.53 Å². The molecule has 2 N–H and O–H groups in total. The molecule has 0 aromatic carbocycles. The van der Waals surface area contributed by atoms with Gasteiger partial charge in [-0.05, 0) is 26.2 Å². The summed E-state index contributed by atoms with van der Waals surface area (Å²) in [5.74, 6) is -0.0877. The molecule has 1 aliphatic heterocycles. The van der Waals surface area contributed by atoms with E-state index in [-0.39, 0.29) is 30.8 Å². The fraction of sp³-hybridized carbons (Fsp3) is 0.900. The van der Waals surface area contributed by atoms with Crippen LogP contribution in [0.2, 0.25) is 0 Å². The molecule has 1 fully saturated rings. The van der Waals surface area contributed by atoms with Crippen LogP contribution in [0.4, 0.5) is 0 Å². The molecule has 0 spiro atoms. The summed E-state index contributed by atoms with van der Waals surface area (Å²) in [6, 6.07) is -0.137. The average molecular weight is 201 g/mol. The minimum absolute atomic E-state index is 0.00941. The number of hydrogen-bond acceptors (Lipinski definition) is 3. The predicted octanol–water partition coefficient (Wildman–Crippen LogP) is 0.441. The van der Waals surface area contributed by atoms with E-state index in [1.807, 2.05) is 13.8 Å². The first-order chi connectivity index (χ1) is 6.67. The van der Waals surface area contributed by atoms with Gasteiger partial charge in [-0.2, -0.15) is 0 Å². The van der Waals surface area contributed by atoms with Crippen LogP contribution in [0.1, 0.15) is 33.1 Å². The summed E-state index contributed by atoms with van der Waals surface area (Å²) in [6.07, 6.45) is 2.33. The van der Waals surface area contributed by atoms with Crippen molar-refractivity contribution in [2.45, 2.75) is 51.4 Å². The van der Waals surface area contributed by atoms with E-state index in [2.05, 4.69) is 5.32 Å². The average Bonchev–Trinajstić information content (AvgIpc) is 2.61. The van der Waals surface area contributed by atoms with Crippen molar-refractivity contribution in [3.05, 3.63) is 0 Å². The van der Waals surface area contributed by atoms with Gasteiger partial charge < -0.3 is 15.2 Å². The van der Waals surface area contributed by atoms with E-state index < -0.39 is 0 Å². The Bertz CT molecular complexity index is 192. The van der Waals surface area contributed by atoms with Crippen LogP contribution < -0.4 is 5.32 Å². The summed E-state index contributed by atoms with van der Waals surface area (Å²) in [5.41, 5.74) is 0. The van der Waals surface area contributed by atoms with E-state index in [4.69, 9.17) is 9.84 Å². The Labute approximate surface area is 84.6 Å². The number of amides is 1. The second-order valence-corrected chi connectivity index (χ2v) is 3.81. The number of carbonyl (C=O) groups is 1. The number of carbonyl (C=O) groups excluding carboxylic acids is 1. The maximum Gasteiger partial charge on any atom is 0.249 e. The van der Waals surface area contributed by atoms with Gasteiger partial charge in [-0.15, -0.1) is 0 Å². The molecule has 0 aromatic rings. The zero-order valence-corrected chi connectivity index (χ0v) is 8.82. The Balaban J connectivity index is 2.34. The molecule has 1 saturated heterocycles. The van der Waals surface area contributed by atoms with Crippen LogP contribution in [-0.4, -0.2) is 35.9 Å². The normalized spacial score (nSPS) is 28.8. The highest BCUT2D eigenvalue weighted by atomic mass is 16.5. The van der Waals surface area contributed by atoms with Crippen molar-refractivity contribution in [2.75, 3.05) is 6.61 Å². The van der Waals surface area contributed by atoms with Gasteiger partial charge in [0, 0.05) is 0 Å². The lowest BCUT2D eigenvalue weighted by atomic mass is 10.2. The summed E-state index contributed by atoms with van der Waals surface area (Å²) >= 11 is 0. The van der Waals surface area contributed by atoms with E-state index in [1.165, 1.54) is 0 Å². The molecule has 82 valence electrons. The molecular weight excluding hydrogens is 182 g/mol. The monoisotopic (exact) mass is 201 g/mol. The predicted molar refractivity (Wildman–Crippen MR) is 52.9 cm³/mol. The standard InChI is InChI=1S/C10H19NO3/c1-3-8(6-12)11-10(13)9-5-4-7(2)14-9/h7-9,12H,3-6H2,1-2H3,(H,11,13)/t7?,8-,9?/m1/s1. The van der Waals surface area contributed by atoms with Gasteiger partial charge >= 0.3 is 0 Å². The van der Waals surface area contributed by atoms with E-state index in [9.17, 15) is 4.79 Å². The lowest BCUT2D eigenvalue weighted by Gasteiger charge is -2.17. The third-order valence-electron chi connectivity index (χ3n) is 2.58. The highest BCUT2D eigenvalue weighted by Crippen LogP contribution is 2.19. The molecule has 0 aliphatic carbocycles. The van der Waals surface area contributed by atoms with Gasteiger partial charge in [-0.25, -0.2) is 0 Å². The third-order valence-corrected chi connectivity index (χ3v) is 2.58. The van der Waals surface area contributed by atoms with Gasteiger partial charge in [0.05, 0.1) is 18.8 Å². The van der Waals surface area contributed by atoms with Gasteiger partial charge in [0.15, 0.2) is 0 Å². The molecule has 3 atom stereocenters. The molecule has 1 amide bonds. The van der Waals surface area contributed by atoms with Crippen LogP contribution in [0, 0.1) is 0 Å². The SMILES string of the molecule is CC[C@H](CO)NC(=O)C1CCC(C)O1. The van der Waals surface area contributed by atoms with Gasteiger partial charge in [-0.1, -0.05) is 6.92 Å². The highest BCUT2D eigenvalue weighted by Gasteiger charge is 2.28. The van der Waals surface area contributed by atoms with Crippen molar-refractivity contribution in [3.63, 3.8) is 0 Å². The molecule has 0 bridgehead atoms. The van der Waals surface area contributed by atoms with Crippen molar-refractivity contribution in [1.82, 2.24) is 5.32 Å². The topological polar surface area (TPSA) is 58.6 Å². The van der Waals surface area contributed by atoms with E-state index >= 15 is 0 Å². The quantitative estimate of drug-likeness (QED) is 0.694. The molecule has 1 aliphatic rings. The first-order valence-corrected chi connectivity index (χ1v) is 5.24. The van der Waals surface area contributed by atoms with Crippen LogP contribution >= 0.6 is 0 Å². The fourth-order valence-corrected chi connectivity index (χ4v) is 1.57. The number of nitrogens with one attached hydrogen (secondary N) is 1. The largest absolute Gasteiger partial charge is 0.394 e. The number of ether oxygens (including phenoxy) is 1. The molecule has 1 rings (SSSR count). The van der Waals surface area contributed by atoms with Crippen LogP contribution in [0.5, 0.6) is 0 Å².